The molecule has 0 spiro atoms. The number of nitrogens with one attached hydrogen (secondary N) is 1. The fraction of sp³-hybridized carbons (Fsp3) is 0.190. The molecule has 142 valence electrons. The maximum atomic E-state index is 12.5. The first-order valence-corrected chi connectivity index (χ1v) is 9.07. The lowest BCUT2D eigenvalue weighted by Gasteiger charge is -2.32. The number of para-hydroxylation sites is 2. The van der Waals surface area contributed by atoms with E-state index in [0.29, 0.717) is 23.7 Å². The van der Waals surface area contributed by atoms with Crippen molar-refractivity contribution in [3.63, 3.8) is 0 Å². The lowest BCUT2D eigenvalue weighted by molar-refractivity contribution is -0.125. The second-order valence-electron chi connectivity index (χ2n) is 6.53. The van der Waals surface area contributed by atoms with E-state index in [9.17, 15) is 9.59 Å². The number of carbonyl (C=O) groups is 2. The van der Waals surface area contributed by atoms with Gasteiger partial charge in [-0.3, -0.25) is 9.59 Å². The van der Waals surface area contributed by atoms with Crippen LogP contribution in [0.25, 0.3) is 5.69 Å². The van der Waals surface area contributed by atoms with E-state index < -0.39 is 6.10 Å². The van der Waals surface area contributed by atoms with Gasteiger partial charge < -0.3 is 19.5 Å². The predicted molar refractivity (Wildman–Crippen MR) is 106 cm³/mol. The van der Waals surface area contributed by atoms with Crippen molar-refractivity contribution in [2.45, 2.75) is 19.4 Å². The summed E-state index contributed by atoms with van der Waals surface area (Å²) in [6, 6.07) is 14.8. The minimum Gasteiger partial charge on any atom is -0.479 e. The average Bonchev–Trinajstić information content (AvgIpc) is 3.24. The summed E-state index contributed by atoms with van der Waals surface area (Å²) >= 11 is 0. The van der Waals surface area contributed by atoms with E-state index in [4.69, 9.17) is 4.74 Å². The van der Waals surface area contributed by atoms with Crippen LogP contribution in [-0.4, -0.2) is 34.0 Å². The van der Waals surface area contributed by atoms with Gasteiger partial charge in [-0.05, 0) is 43.3 Å². The monoisotopic (exact) mass is 376 g/mol. The number of aromatic nitrogens is 2. The summed E-state index contributed by atoms with van der Waals surface area (Å²) in [5.74, 6) is 0.362. The number of benzene rings is 2. The van der Waals surface area contributed by atoms with Gasteiger partial charge in [-0.1, -0.05) is 12.1 Å². The van der Waals surface area contributed by atoms with Crippen molar-refractivity contribution in [1.82, 2.24) is 9.55 Å². The van der Waals surface area contributed by atoms with E-state index in [1.54, 1.807) is 24.3 Å². The molecule has 2 aromatic carbocycles. The lowest BCUT2D eigenvalue weighted by Crippen LogP contribution is -2.45. The quantitative estimate of drug-likeness (QED) is 0.743. The maximum Gasteiger partial charge on any atom is 0.267 e. The first-order valence-electron chi connectivity index (χ1n) is 9.07. The molecule has 0 radical (unpaired) electrons. The van der Waals surface area contributed by atoms with E-state index in [0.717, 1.165) is 5.69 Å². The van der Waals surface area contributed by atoms with Crippen molar-refractivity contribution in [3.8, 4) is 11.4 Å². The van der Waals surface area contributed by atoms with Gasteiger partial charge >= 0.3 is 0 Å². The number of fused-ring (bicyclic) bond motifs is 1. The predicted octanol–water partition coefficient (Wildman–Crippen LogP) is 3.02. The topological polar surface area (TPSA) is 76.5 Å². The molecular formula is C21H20N4O3. The van der Waals surface area contributed by atoms with Crippen molar-refractivity contribution in [1.29, 1.82) is 0 Å². The third-order valence-corrected chi connectivity index (χ3v) is 4.59. The third kappa shape index (κ3) is 3.59. The van der Waals surface area contributed by atoms with Crippen LogP contribution in [0, 0.1) is 0 Å². The summed E-state index contributed by atoms with van der Waals surface area (Å²) in [5, 5.41) is 2.87. The Hall–Kier alpha value is -3.61. The highest BCUT2D eigenvalue weighted by atomic mass is 16.5. The van der Waals surface area contributed by atoms with Gasteiger partial charge in [0.25, 0.3) is 5.91 Å². The molecule has 4 rings (SSSR count). The molecule has 1 aromatic heterocycles. The Balaban J connectivity index is 1.39. The summed E-state index contributed by atoms with van der Waals surface area (Å²) in [7, 11) is 0. The van der Waals surface area contributed by atoms with Gasteiger partial charge in [0.2, 0.25) is 5.91 Å². The first kappa shape index (κ1) is 17.8. The largest absolute Gasteiger partial charge is 0.479 e. The van der Waals surface area contributed by atoms with Crippen LogP contribution in [-0.2, 0) is 9.59 Å². The molecule has 0 saturated carbocycles. The number of ether oxygens (including phenoxy) is 1. The SMILES string of the molecule is C[C@@H]1Oc2ccccc2N(CCC(=O)Nc2ccc(-n3ccnc3)cc2)C1=O. The maximum absolute atomic E-state index is 12.5. The van der Waals surface area contributed by atoms with E-state index >= 15 is 0 Å². The molecule has 3 aromatic rings. The number of anilines is 2. The second kappa shape index (κ2) is 7.56. The molecule has 28 heavy (non-hydrogen) atoms. The molecule has 2 heterocycles. The summed E-state index contributed by atoms with van der Waals surface area (Å²) in [6.45, 7) is 2.01. The standard InChI is InChI=1S/C21H20N4O3/c1-15-21(27)25(18-4-2-3-5-19(18)28-15)12-10-20(26)23-16-6-8-17(9-7-16)24-13-11-22-14-24/h2-9,11,13-15H,10,12H2,1H3,(H,23,26)/t15-/m0/s1. The summed E-state index contributed by atoms with van der Waals surface area (Å²) in [5.41, 5.74) is 2.36. The number of rotatable bonds is 5. The van der Waals surface area contributed by atoms with Gasteiger partial charge in [0.15, 0.2) is 6.10 Å². The summed E-state index contributed by atoms with van der Waals surface area (Å²) in [4.78, 5) is 30.5. The molecule has 0 bridgehead atoms. The Morgan fingerprint density at radius 2 is 1.96 bits per heavy atom. The Morgan fingerprint density at radius 3 is 2.71 bits per heavy atom. The summed E-state index contributed by atoms with van der Waals surface area (Å²) in [6.07, 6.45) is 4.91. The van der Waals surface area contributed by atoms with E-state index in [2.05, 4.69) is 10.3 Å². The van der Waals surface area contributed by atoms with Gasteiger partial charge in [0, 0.05) is 36.7 Å². The fourth-order valence-electron chi connectivity index (χ4n) is 3.16. The summed E-state index contributed by atoms with van der Waals surface area (Å²) < 4.78 is 7.50. The Kier molecular flexibility index (Phi) is 4.80. The number of hydrogen-bond acceptors (Lipinski definition) is 4. The van der Waals surface area contributed by atoms with Crippen LogP contribution in [0.4, 0.5) is 11.4 Å². The van der Waals surface area contributed by atoms with Crippen LogP contribution >= 0.6 is 0 Å². The molecule has 7 nitrogen and oxygen atoms in total. The highest BCUT2D eigenvalue weighted by Gasteiger charge is 2.31. The zero-order chi connectivity index (χ0) is 19.5. The molecular weight excluding hydrogens is 356 g/mol. The lowest BCUT2D eigenvalue weighted by atomic mass is 10.1. The molecule has 1 aliphatic rings. The Bertz CT molecular complexity index is 983. The Labute approximate surface area is 162 Å². The second-order valence-corrected chi connectivity index (χ2v) is 6.53. The van der Waals surface area contributed by atoms with Crippen LogP contribution in [0.2, 0.25) is 0 Å². The Morgan fingerprint density at radius 1 is 1.18 bits per heavy atom. The number of amides is 2. The van der Waals surface area contributed by atoms with Crippen molar-refractivity contribution in [2.24, 2.45) is 0 Å². The molecule has 2 amide bonds. The van der Waals surface area contributed by atoms with Crippen molar-refractivity contribution in [3.05, 3.63) is 67.3 Å². The van der Waals surface area contributed by atoms with Crippen LogP contribution < -0.4 is 15.0 Å². The highest BCUT2D eigenvalue weighted by molar-refractivity contribution is 6.00. The molecule has 1 atom stereocenters. The van der Waals surface area contributed by atoms with Crippen LogP contribution in [0.15, 0.2) is 67.3 Å². The minimum atomic E-state index is -0.561. The molecule has 0 unspecified atom stereocenters. The molecule has 0 fully saturated rings. The third-order valence-electron chi connectivity index (χ3n) is 4.59. The first-order chi connectivity index (χ1) is 13.6. The van der Waals surface area contributed by atoms with Gasteiger partial charge in [-0.25, -0.2) is 4.98 Å². The smallest absolute Gasteiger partial charge is 0.267 e. The average molecular weight is 376 g/mol. The van der Waals surface area contributed by atoms with Gasteiger partial charge in [-0.15, -0.1) is 0 Å². The van der Waals surface area contributed by atoms with Crippen molar-refractivity contribution >= 4 is 23.2 Å². The fourth-order valence-corrected chi connectivity index (χ4v) is 3.16. The van der Waals surface area contributed by atoms with Crippen LogP contribution in [0.5, 0.6) is 5.75 Å². The minimum absolute atomic E-state index is 0.142. The normalized spacial score (nSPS) is 15.7. The van der Waals surface area contributed by atoms with E-state index in [1.807, 2.05) is 59.3 Å². The number of nitrogens with zero attached hydrogens (tertiary/aromatic N) is 3. The van der Waals surface area contributed by atoms with Gasteiger partial charge in [-0.2, -0.15) is 0 Å². The van der Waals surface area contributed by atoms with E-state index in [1.165, 1.54) is 0 Å². The van der Waals surface area contributed by atoms with Crippen molar-refractivity contribution in [2.75, 3.05) is 16.8 Å². The van der Waals surface area contributed by atoms with Gasteiger partial charge in [0.05, 0.1) is 12.0 Å². The van der Waals surface area contributed by atoms with Crippen LogP contribution in [0.1, 0.15) is 13.3 Å². The molecule has 1 N–H and O–H groups in total. The van der Waals surface area contributed by atoms with Gasteiger partial charge in [0.1, 0.15) is 5.75 Å². The van der Waals surface area contributed by atoms with Crippen LogP contribution in [0.3, 0.4) is 0 Å². The number of hydrogen-bond donors (Lipinski definition) is 1. The molecule has 0 saturated heterocycles. The zero-order valence-corrected chi connectivity index (χ0v) is 15.4. The van der Waals surface area contributed by atoms with E-state index in [-0.39, 0.29) is 18.2 Å². The molecule has 0 aliphatic carbocycles. The van der Waals surface area contributed by atoms with Crippen molar-refractivity contribution < 1.29 is 14.3 Å². The highest BCUT2D eigenvalue weighted by Crippen LogP contribution is 2.33. The number of carbonyl (C=O) groups excluding carboxylic acids is 2. The molecule has 7 heteroatoms. The zero-order valence-electron chi connectivity index (χ0n) is 15.4. The number of imidazole rings is 1. The molecule has 1 aliphatic heterocycles.